The molecule has 116 valence electrons. The summed E-state index contributed by atoms with van der Waals surface area (Å²) in [5.74, 6) is 0.626. The van der Waals surface area contributed by atoms with Gasteiger partial charge in [-0.15, -0.1) is 5.10 Å². The molecule has 0 aliphatic heterocycles. The smallest absolute Gasteiger partial charge is 0.0964 e. The van der Waals surface area contributed by atoms with Gasteiger partial charge in [0.1, 0.15) is 0 Å². The van der Waals surface area contributed by atoms with Gasteiger partial charge < -0.3 is 5.32 Å². The summed E-state index contributed by atoms with van der Waals surface area (Å²) in [6, 6.07) is 0. The number of aryl methyl sites for hydroxylation is 2. The summed E-state index contributed by atoms with van der Waals surface area (Å²) in [5.41, 5.74) is 2.82. The average Bonchev–Trinajstić information content (AvgIpc) is 2.98. The van der Waals surface area contributed by atoms with Gasteiger partial charge in [-0.1, -0.05) is 37.6 Å². The Balaban J connectivity index is 2.01. The van der Waals surface area contributed by atoms with Crippen molar-refractivity contribution in [1.82, 2.24) is 30.1 Å². The van der Waals surface area contributed by atoms with E-state index in [1.807, 2.05) is 24.9 Å². The van der Waals surface area contributed by atoms with Gasteiger partial charge in [0.05, 0.1) is 34.8 Å². The van der Waals surface area contributed by atoms with Gasteiger partial charge in [-0.3, -0.25) is 4.68 Å². The van der Waals surface area contributed by atoms with E-state index in [0.29, 0.717) is 12.5 Å². The lowest BCUT2D eigenvalue weighted by atomic mass is 10.2. The highest BCUT2D eigenvalue weighted by Gasteiger charge is 2.14. The Labute approximate surface area is 130 Å². The Morgan fingerprint density at radius 1 is 1.38 bits per heavy atom. The Bertz CT molecular complexity index is 586. The molecule has 0 aliphatic rings. The topological polar surface area (TPSA) is 60.6 Å². The second-order valence-corrected chi connectivity index (χ2v) is 5.99. The van der Waals surface area contributed by atoms with Crippen molar-refractivity contribution in [3.63, 3.8) is 0 Å². The first-order valence-corrected chi connectivity index (χ1v) is 7.69. The van der Waals surface area contributed by atoms with E-state index >= 15 is 0 Å². The summed E-state index contributed by atoms with van der Waals surface area (Å²) >= 11 is 6.35. The second-order valence-electron chi connectivity index (χ2n) is 5.62. The van der Waals surface area contributed by atoms with Crippen molar-refractivity contribution in [2.24, 2.45) is 13.0 Å². The molecule has 2 rings (SSSR count). The fourth-order valence-corrected chi connectivity index (χ4v) is 2.48. The third-order valence-corrected chi connectivity index (χ3v) is 3.70. The first-order valence-electron chi connectivity index (χ1n) is 7.31. The molecule has 0 radical (unpaired) electrons. The summed E-state index contributed by atoms with van der Waals surface area (Å²) in [4.78, 5) is 0. The first-order chi connectivity index (χ1) is 10.0. The summed E-state index contributed by atoms with van der Waals surface area (Å²) < 4.78 is 3.62. The number of nitrogens with zero attached hydrogens (tertiary/aromatic N) is 5. The van der Waals surface area contributed by atoms with E-state index in [2.05, 4.69) is 34.6 Å². The molecule has 0 saturated heterocycles. The van der Waals surface area contributed by atoms with Crippen LogP contribution >= 0.6 is 11.6 Å². The molecule has 0 aromatic carbocycles. The van der Waals surface area contributed by atoms with Crippen molar-refractivity contribution in [2.45, 2.75) is 40.3 Å². The molecule has 2 aromatic heterocycles. The molecule has 0 unspecified atom stereocenters. The summed E-state index contributed by atoms with van der Waals surface area (Å²) in [7, 11) is 1.91. The molecule has 2 aromatic rings. The van der Waals surface area contributed by atoms with Gasteiger partial charge in [-0.25, -0.2) is 4.68 Å². The Kier molecular flexibility index (Phi) is 5.36. The lowest BCUT2D eigenvalue weighted by molar-refractivity contribution is 0.548. The minimum Gasteiger partial charge on any atom is -0.311 e. The third-order valence-electron chi connectivity index (χ3n) is 3.26. The highest BCUT2D eigenvalue weighted by atomic mass is 35.5. The van der Waals surface area contributed by atoms with Gasteiger partial charge >= 0.3 is 0 Å². The number of rotatable bonds is 7. The van der Waals surface area contributed by atoms with Crippen LogP contribution in [0.1, 0.15) is 37.9 Å². The molecule has 2 heterocycles. The predicted molar refractivity (Wildman–Crippen MR) is 83.3 cm³/mol. The van der Waals surface area contributed by atoms with E-state index in [4.69, 9.17) is 11.6 Å². The monoisotopic (exact) mass is 310 g/mol. The second kappa shape index (κ2) is 7.04. The zero-order valence-electron chi connectivity index (χ0n) is 13.1. The van der Waals surface area contributed by atoms with Crippen LogP contribution in [0.15, 0.2) is 6.20 Å². The molecule has 0 aliphatic carbocycles. The number of nitrogens with one attached hydrogen (secondary N) is 1. The fraction of sp³-hybridized carbons (Fsp3) is 0.643. The number of hydrogen-bond donors (Lipinski definition) is 1. The van der Waals surface area contributed by atoms with Crippen LogP contribution in [0.4, 0.5) is 0 Å². The van der Waals surface area contributed by atoms with E-state index in [0.717, 1.165) is 41.6 Å². The van der Waals surface area contributed by atoms with Crippen molar-refractivity contribution in [3.05, 3.63) is 28.3 Å². The van der Waals surface area contributed by atoms with E-state index in [9.17, 15) is 0 Å². The Morgan fingerprint density at radius 3 is 2.76 bits per heavy atom. The van der Waals surface area contributed by atoms with Gasteiger partial charge in [0, 0.05) is 13.6 Å². The van der Waals surface area contributed by atoms with Gasteiger partial charge in [-0.05, 0) is 18.9 Å². The first kappa shape index (κ1) is 16.0. The molecule has 0 fully saturated rings. The standard InChI is InChI=1S/C14H23ClN6/c1-5-12-14(15)13(20(4)18-12)9-21-8-11(17-19-21)7-16-6-10(2)3/h8,10,16H,5-7,9H2,1-4H3. The van der Waals surface area contributed by atoms with Crippen LogP contribution in [-0.4, -0.2) is 31.3 Å². The Hall–Kier alpha value is -1.40. The summed E-state index contributed by atoms with van der Waals surface area (Å²) in [6.07, 6.45) is 2.77. The molecule has 0 spiro atoms. The Morgan fingerprint density at radius 2 is 2.14 bits per heavy atom. The largest absolute Gasteiger partial charge is 0.311 e. The molecule has 7 heteroatoms. The van der Waals surface area contributed by atoms with Crippen molar-refractivity contribution in [3.8, 4) is 0 Å². The molecule has 0 atom stereocenters. The van der Waals surface area contributed by atoms with Crippen molar-refractivity contribution < 1.29 is 0 Å². The van der Waals surface area contributed by atoms with Gasteiger partial charge in [0.25, 0.3) is 0 Å². The maximum absolute atomic E-state index is 6.35. The fourth-order valence-electron chi connectivity index (χ4n) is 2.13. The van der Waals surface area contributed by atoms with Crippen molar-refractivity contribution >= 4 is 11.6 Å². The number of hydrogen-bond acceptors (Lipinski definition) is 4. The predicted octanol–water partition coefficient (Wildman–Crippen LogP) is 2.02. The highest BCUT2D eigenvalue weighted by molar-refractivity contribution is 6.31. The normalized spacial score (nSPS) is 11.5. The van der Waals surface area contributed by atoms with E-state index < -0.39 is 0 Å². The van der Waals surface area contributed by atoms with E-state index in [-0.39, 0.29) is 0 Å². The minimum absolute atomic E-state index is 0.583. The zero-order chi connectivity index (χ0) is 15.4. The molecule has 21 heavy (non-hydrogen) atoms. The van der Waals surface area contributed by atoms with Gasteiger partial charge in [0.15, 0.2) is 0 Å². The summed E-state index contributed by atoms with van der Waals surface area (Å²) in [5, 5.41) is 16.8. The lowest BCUT2D eigenvalue weighted by Gasteiger charge is -2.04. The average molecular weight is 311 g/mol. The van der Waals surface area contributed by atoms with Gasteiger partial charge in [-0.2, -0.15) is 5.10 Å². The highest BCUT2D eigenvalue weighted by Crippen LogP contribution is 2.21. The maximum atomic E-state index is 6.35. The molecule has 0 saturated carbocycles. The van der Waals surface area contributed by atoms with Crippen LogP contribution in [0.25, 0.3) is 0 Å². The third kappa shape index (κ3) is 4.04. The van der Waals surface area contributed by atoms with Crippen LogP contribution < -0.4 is 5.32 Å². The molecule has 6 nitrogen and oxygen atoms in total. The lowest BCUT2D eigenvalue weighted by Crippen LogP contribution is -2.19. The number of aromatic nitrogens is 5. The quantitative estimate of drug-likeness (QED) is 0.850. The van der Waals surface area contributed by atoms with Crippen LogP contribution in [0.2, 0.25) is 5.02 Å². The van der Waals surface area contributed by atoms with Crippen LogP contribution in [-0.2, 0) is 26.6 Å². The van der Waals surface area contributed by atoms with E-state index in [1.54, 1.807) is 4.68 Å². The van der Waals surface area contributed by atoms with Crippen LogP contribution in [0.3, 0.4) is 0 Å². The van der Waals surface area contributed by atoms with Crippen LogP contribution in [0.5, 0.6) is 0 Å². The molecule has 0 bridgehead atoms. The number of halogens is 1. The maximum Gasteiger partial charge on any atom is 0.0964 e. The van der Waals surface area contributed by atoms with E-state index in [1.165, 1.54) is 0 Å². The zero-order valence-corrected chi connectivity index (χ0v) is 13.9. The van der Waals surface area contributed by atoms with Crippen molar-refractivity contribution in [1.29, 1.82) is 0 Å². The molecular weight excluding hydrogens is 288 g/mol. The molecule has 0 amide bonds. The van der Waals surface area contributed by atoms with Crippen molar-refractivity contribution in [2.75, 3.05) is 6.54 Å². The van der Waals surface area contributed by atoms with Gasteiger partial charge in [0.2, 0.25) is 0 Å². The van der Waals surface area contributed by atoms with Crippen LogP contribution in [0, 0.1) is 5.92 Å². The minimum atomic E-state index is 0.583. The molecule has 1 N–H and O–H groups in total. The summed E-state index contributed by atoms with van der Waals surface area (Å²) in [6.45, 7) is 8.70. The molecular formula is C14H23ClN6. The SMILES string of the molecule is CCc1nn(C)c(Cn2cc(CNCC(C)C)nn2)c1Cl.